The van der Waals surface area contributed by atoms with Crippen molar-refractivity contribution in [3.63, 3.8) is 0 Å². The Morgan fingerprint density at radius 2 is 2.13 bits per heavy atom. The van der Waals surface area contributed by atoms with Crippen molar-refractivity contribution in [1.82, 2.24) is 9.55 Å². The van der Waals surface area contributed by atoms with E-state index in [9.17, 15) is 4.79 Å². The van der Waals surface area contributed by atoms with Gasteiger partial charge < -0.3 is 0 Å². The average molecular weight is 365 g/mol. The molecule has 0 unspecified atom stereocenters. The van der Waals surface area contributed by atoms with Crippen molar-refractivity contribution in [2.24, 2.45) is 0 Å². The molecule has 0 saturated carbocycles. The largest absolute Gasteiger partial charge is 0.284 e. The van der Waals surface area contributed by atoms with Crippen LogP contribution >= 0.6 is 34.7 Å². The van der Waals surface area contributed by atoms with Crippen molar-refractivity contribution >= 4 is 44.9 Å². The van der Waals surface area contributed by atoms with Crippen LogP contribution in [0, 0.1) is 0 Å². The number of benzene rings is 1. The number of hydrogen-bond acceptors (Lipinski definition) is 4. The molecule has 0 spiro atoms. The van der Waals surface area contributed by atoms with Gasteiger partial charge in [0.15, 0.2) is 5.16 Å². The van der Waals surface area contributed by atoms with Gasteiger partial charge in [0.1, 0.15) is 4.70 Å². The molecule has 23 heavy (non-hydrogen) atoms. The molecular weight excluding hydrogens is 348 g/mol. The highest BCUT2D eigenvalue weighted by atomic mass is 35.5. The Kier molecular flexibility index (Phi) is 5.09. The SMILES string of the molecule is CC[C@H](C)n1c(SCc2ccccc2Cl)nc2ccsc2c1=O. The minimum Gasteiger partial charge on any atom is -0.284 e. The lowest BCUT2D eigenvalue weighted by molar-refractivity contribution is 0.468. The molecule has 120 valence electrons. The molecule has 3 rings (SSSR count). The monoisotopic (exact) mass is 364 g/mol. The molecule has 0 bridgehead atoms. The maximum absolute atomic E-state index is 12.8. The Bertz CT molecular complexity index is 888. The average Bonchev–Trinajstić information content (AvgIpc) is 3.02. The van der Waals surface area contributed by atoms with Gasteiger partial charge in [-0.1, -0.05) is 48.5 Å². The second-order valence-corrected chi connectivity index (χ2v) is 7.61. The molecule has 1 aromatic carbocycles. The first kappa shape index (κ1) is 16.6. The zero-order valence-corrected chi connectivity index (χ0v) is 15.3. The molecule has 2 heterocycles. The van der Waals surface area contributed by atoms with E-state index in [0.717, 1.165) is 32.4 Å². The van der Waals surface area contributed by atoms with Gasteiger partial charge in [-0.2, -0.15) is 0 Å². The number of thiophene rings is 1. The number of fused-ring (bicyclic) bond motifs is 1. The van der Waals surface area contributed by atoms with Crippen molar-refractivity contribution in [3.05, 3.63) is 56.7 Å². The van der Waals surface area contributed by atoms with E-state index in [1.165, 1.54) is 11.3 Å². The second-order valence-electron chi connectivity index (χ2n) is 5.34. The summed E-state index contributed by atoms with van der Waals surface area (Å²) in [6.07, 6.45) is 0.887. The summed E-state index contributed by atoms with van der Waals surface area (Å²) in [7, 11) is 0. The molecule has 0 fully saturated rings. The van der Waals surface area contributed by atoms with E-state index >= 15 is 0 Å². The smallest absolute Gasteiger partial charge is 0.272 e. The van der Waals surface area contributed by atoms with Gasteiger partial charge >= 0.3 is 0 Å². The van der Waals surface area contributed by atoms with Crippen LogP contribution in [-0.2, 0) is 5.75 Å². The molecule has 0 aliphatic rings. The molecule has 3 nitrogen and oxygen atoms in total. The summed E-state index contributed by atoms with van der Waals surface area (Å²) in [5, 5.41) is 3.42. The number of nitrogens with zero attached hydrogens (tertiary/aromatic N) is 2. The maximum atomic E-state index is 12.8. The summed E-state index contributed by atoms with van der Waals surface area (Å²) >= 11 is 9.25. The van der Waals surface area contributed by atoms with E-state index in [1.807, 2.05) is 40.3 Å². The van der Waals surface area contributed by atoms with E-state index < -0.39 is 0 Å². The van der Waals surface area contributed by atoms with Crippen LogP contribution in [0.5, 0.6) is 0 Å². The zero-order chi connectivity index (χ0) is 16.4. The van der Waals surface area contributed by atoms with Crippen molar-refractivity contribution < 1.29 is 0 Å². The molecule has 2 aromatic heterocycles. The van der Waals surface area contributed by atoms with E-state index in [4.69, 9.17) is 16.6 Å². The van der Waals surface area contributed by atoms with E-state index in [1.54, 1.807) is 11.8 Å². The maximum Gasteiger partial charge on any atom is 0.272 e. The summed E-state index contributed by atoms with van der Waals surface area (Å²) in [6, 6.07) is 9.80. The number of halogens is 1. The Hall–Kier alpha value is -1.30. The van der Waals surface area contributed by atoms with Gasteiger partial charge in [0.25, 0.3) is 5.56 Å². The lowest BCUT2D eigenvalue weighted by Crippen LogP contribution is -2.25. The van der Waals surface area contributed by atoms with E-state index in [-0.39, 0.29) is 11.6 Å². The van der Waals surface area contributed by atoms with Gasteiger partial charge in [0, 0.05) is 16.8 Å². The highest BCUT2D eigenvalue weighted by Crippen LogP contribution is 2.28. The predicted octanol–water partition coefficient (Wildman–Crippen LogP) is 5.37. The zero-order valence-electron chi connectivity index (χ0n) is 13.0. The first-order chi connectivity index (χ1) is 11.1. The molecule has 6 heteroatoms. The van der Waals surface area contributed by atoms with Crippen molar-refractivity contribution in [1.29, 1.82) is 0 Å². The van der Waals surface area contributed by atoms with Crippen molar-refractivity contribution in [2.75, 3.05) is 0 Å². The summed E-state index contributed by atoms with van der Waals surface area (Å²) in [4.78, 5) is 17.5. The van der Waals surface area contributed by atoms with Gasteiger partial charge in [0.2, 0.25) is 0 Å². The molecular formula is C17H17ClN2OS2. The normalized spacial score (nSPS) is 12.7. The number of rotatable bonds is 5. The Morgan fingerprint density at radius 3 is 2.87 bits per heavy atom. The quantitative estimate of drug-likeness (QED) is 0.450. The third-order valence-electron chi connectivity index (χ3n) is 3.83. The highest BCUT2D eigenvalue weighted by Gasteiger charge is 2.16. The Balaban J connectivity index is 2.02. The molecule has 0 saturated heterocycles. The van der Waals surface area contributed by atoms with Gasteiger partial charge in [-0.05, 0) is 36.4 Å². The summed E-state index contributed by atoms with van der Waals surface area (Å²) < 4.78 is 2.55. The molecule has 0 N–H and O–H groups in total. The third-order valence-corrected chi connectivity index (χ3v) is 6.09. The van der Waals surface area contributed by atoms with Gasteiger partial charge in [-0.25, -0.2) is 4.98 Å². The van der Waals surface area contributed by atoms with Crippen LogP contribution in [0.15, 0.2) is 45.7 Å². The van der Waals surface area contributed by atoms with Crippen LogP contribution in [0.25, 0.3) is 10.2 Å². The minimum absolute atomic E-state index is 0.0565. The van der Waals surface area contributed by atoms with Crippen molar-refractivity contribution in [2.45, 2.75) is 37.2 Å². The fraction of sp³-hybridized carbons (Fsp3) is 0.294. The first-order valence-electron chi connectivity index (χ1n) is 7.47. The second kappa shape index (κ2) is 7.07. The van der Waals surface area contributed by atoms with E-state index in [2.05, 4.69) is 13.8 Å². The van der Waals surface area contributed by atoms with Gasteiger partial charge in [-0.15, -0.1) is 11.3 Å². The third kappa shape index (κ3) is 3.32. The standard InChI is InChI=1S/C17H17ClN2OS2/c1-3-11(2)20-16(21)15-14(8-9-22-15)19-17(20)23-10-12-6-4-5-7-13(12)18/h4-9,11H,3,10H2,1-2H3/t11-/m0/s1. The lowest BCUT2D eigenvalue weighted by Gasteiger charge is -2.17. The van der Waals surface area contributed by atoms with Crippen LogP contribution in [0.4, 0.5) is 0 Å². The van der Waals surface area contributed by atoms with Crippen LogP contribution < -0.4 is 5.56 Å². The topological polar surface area (TPSA) is 34.9 Å². The summed E-state index contributed by atoms with van der Waals surface area (Å²) in [5.74, 6) is 0.693. The fourth-order valence-electron chi connectivity index (χ4n) is 2.33. The van der Waals surface area contributed by atoms with E-state index in [0.29, 0.717) is 5.75 Å². The van der Waals surface area contributed by atoms with Crippen molar-refractivity contribution in [3.8, 4) is 0 Å². The predicted molar refractivity (Wildman–Crippen MR) is 99.9 cm³/mol. The Morgan fingerprint density at radius 1 is 1.35 bits per heavy atom. The molecule has 3 aromatic rings. The van der Waals surface area contributed by atoms with Crippen LogP contribution in [0.2, 0.25) is 5.02 Å². The number of aromatic nitrogens is 2. The molecule has 0 aliphatic heterocycles. The lowest BCUT2D eigenvalue weighted by atomic mass is 10.2. The van der Waals surface area contributed by atoms with Crippen LogP contribution in [0.3, 0.4) is 0 Å². The Labute approximate surface area is 148 Å². The van der Waals surface area contributed by atoms with Crippen LogP contribution in [0.1, 0.15) is 31.9 Å². The fourth-order valence-corrected chi connectivity index (χ4v) is 4.48. The summed E-state index contributed by atoms with van der Waals surface area (Å²) in [6.45, 7) is 4.14. The number of hydrogen-bond donors (Lipinski definition) is 0. The highest BCUT2D eigenvalue weighted by molar-refractivity contribution is 7.98. The first-order valence-corrected chi connectivity index (χ1v) is 9.72. The minimum atomic E-state index is 0.0565. The molecule has 0 radical (unpaired) electrons. The van der Waals surface area contributed by atoms with Gasteiger partial charge in [0.05, 0.1) is 5.52 Å². The molecule has 1 atom stereocenters. The van der Waals surface area contributed by atoms with Crippen LogP contribution in [-0.4, -0.2) is 9.55 Å². The number of thioether (sulfide) groups is 1. The van der Waals surface area contributed by atoms with Gasteiger partial charge in [-0.3, -0.25) is 9.36 Å². The summed E-state index contributed by atoms with van der Waals surface area (Å²) in [5.41, 5.74) is 1.89. The molecule has 0 amide bonds. The molecule has 0 aliphatic carbocycles.